The van der Waals surface area contributed by atoms with Crippen LogP contribution in [-0.2, 0) is 17.8 Å². The Balaban J connectivity index is 1.49. The zero-order valence-corrected chi connectivity index (χ0v) is 13.0. The Bertz CT molecular complexity index is 595. The van der Waals surface area contributed by atoms with Crippen molar-refractivity contribution in [2.75, 3.05) is 26.3 Å². The number of nitrogens with zero attached hydrogens (tertiary/aromatic N) is 3. The number of nitrogens with one attached hydrogen (secondary N) is 1. The second kappa shape index (κ2) is 7.44. The number of carbonyl (C=O) groups is 1. The van der Waals surface area contributed by atoms with Crippen LogP contribution in [-0.4, -0.2) is 46.7 Å². The highest BCUT2D eigenvalue weighted by Gasteiger charge is 2.11. The summed E-state index contributed by atoms with van der Waals surface area (Å²) in [6, 6.07) is 8.35. The van der Waals surface area contributed by atoms with Crippen LogP contribution in [0.25, 0.3) is 0 Å². The molecule has 1 aliphatic rings. The van der Waals surface area contributed by atoms with Gasteiger partial charge in [0.25, 0.3) is 5.91 Å². The van der Waals surface area contributed by atoms with Crippen molar-refractivity contribution in [2.24, 2.45) is 0 Å². The smallest absolute Gasteiger partial charge is 0.264 e. The lowest BCUT2D eigenvalue weighted by Gasteiger charge is -2.26. The molecule has 1 aliphatic heterocycles. The summed E-state index contributed by atoms with van der Waals surface area (Å²) in [5.74, 6) is -0.132. The molecule has 0 spiro atoms. The molecule has 1 amide bonds. The predicted octanol–water partition coefficient (Wildman–Crippen LogP) is 1.30. The summed E-state index contributed by atoms with van der Waals surface area (Å²) in [5.41, 5.74) is 2.36. The van der Waals surface area contributed by atoms with Crippen LogP contribution in [0.4, 0.5) is 0 Å². The van der Waals surface area contributed by atoms with Crippen molar-refractivity contribution < 1.29 is 9.53 Å². The molecule has 0 radical (unpaired) electrons. The molecule has 0 aliphatic carbocycles. The van der Waals surface area contributed by atoms with Crippen molar-refractivity contribution in [1.82, 2.24) is 19.8 Å². The zero-order chi connectivity index (χ0) is 15.2. The second-order valence-electron chi connectivity index (χ2n) is 5.17. The molecule has 1 saturated heterocycles. The Kier molecular flexibility index (Phi) is 5.10. The van der Waals surface area contributed by atoms with Gasteiger partial charge in [-0.3, -0.25) is 9.69 Å². The van der Waals surface area contributed by atoms with E-state index < -0.39 is 0 Å². The van der Waals surface area contributed by atoms with E-state index in [-0.39, 0.29) is 5.91 Å². The number of hydrogen-bond acceptors (Lipinski definition) is 6. The van der Waals surface area contributed by atoms with E-state index in [1.54, 1.807) is 0 Å². The fourth-order valence-electron chi connectivity index (χ4n) is 2.32. The Morgan fingerprint density at radius 3 is 2.64 bits per heavy atom. The minimum Gasteiger partial charge on any atom is -0.379 e. The van der Waals surface area contributed by atoms with Crippen molar-refractivity contribution >= 4 is 17.4 Å². The summed E-state index contributed by atoms with van der Waals surface area (Å²) in [7, 11) is 0. The van der Waals surface area contributed by atoms with Crippen LogP contribution >= 0.6 is 11.5 Å². The quantitative estimate of drug-likeness (QED) is 0.900. The number of aromatic nitrogens is 2. The summed E-state index contributed by atoms with van der Waals surface area (Å²) in [6.45, 7) is 5.06. The molecule has 1 N–H and O–H groups in total. The summed E-state index contributed by atoms with van der Waals surface area (Å²) in [4.78, 5) is 14.7. The van der Waals surface area contributed by atoms with E-state index >= 15 is 0 Å². The van der Waals surface area contributed by atoms with Gasteiger partial charge < -0.3 is 10.1 Å². The molecule has 116 valence electrons. The lowest BCUT2D eigenvalue weighted by Crippen LogP contribution is -2.35. The third kappa shape index (κ3) is 4.09. The van der Waals surface area contributed by atoms with E-state index in [2.05, 4.69) is 44.1 Å². The van der Waals surface area contributed by atoms with Crippen LogP contribution in [0.3, 0.4) is 0 Å². The summed E-state index contributed by atoms with van der Waals surface area (Å²) in [5, 5.41) is 6.53. The standard InChI is InChI=1S/C15H18N4O2S/c20-15(14-10-17-18-22-14)16-9-12-1-3-13(4-2-12)11-19-5-7-21-8-6-19/h1-4,10H,5-9,11H2,(H,16,20). The van der Waals surface area contributed by atoms with E-state index in [1.807, 2.05) is 0 Å². The molecule has 2 aromatic rings. The van der Waals surface area contributed by atoms with Crippen LogP contribution in [0.15, 0.2) is 30.5 Å². The maximum absolute atomic E-state index is 11.8. The van der Waals surface area contributed by atoms with Gasteiger partial charge in [-0.05, 0) is 22.7 Å². The van der Waals surface area contributed by atoms with Gasteiger partial charge in [0.2, 0.25) is 0 Å². The van der Waals surface area contributed by atoms with Gasteiger partial charge in [0.1, 0.15) is 4.88 Å². The van der Waals surface area contributed by atoms with Crippen molar-refractivity contribution in [3.63, 3.8) is 0 Å². The first-order valence-electron chi connectivity index (χ1n) is 7.25. The lowest BCUT2D eigenvalue weighted by atomic mass is 10.1. The maximum atomic E-state index is 11.8. The molecule has 0 atom stereocenters. The SMILES string of the molecule is O=C(NCc1ccc(CN2CCOCC2)cc1)c1cnns1. The van der Waals surface area contributed by atoms with Crippen LogP contribution < -0.4 is 5.32 Å². The molecule has 22 heavy (non-hydrogen) atoms. The number of amides is 1. The summed E-state index contributed by atoms with van der Waals surface area (Å²) >= 11 is 1.10. The molecular weight excluding hydrogens is 300 g/mol. The van der Waals surface area contributed by atoms with Crippen LogP contribution in [0, 0.1) is 0 Å². The molecule has 1 aromatic carbocycles. The van der Waals surface area contributed by atoms with Crippen molar-refractivity contribution in [2.45, 2.75) is 13.1 Å². The van der Waals surface area contributed by atoms with Gasteiger partial charge in [-0.1, -0.05) is 28.8 Å². The molecule has 2 heterocycles. The number of rotatable bonds is 5. The first-order valence-corrected chi connectivity index (χ1v) is 8.02. The van der Waals surface area contributed by atoms with Crippen LogP contribution in [0.1, 0.15) is 20.8 Å². The van der Waals surface area contributed by atoms with Crippen LogP contribution in [0.2, 0.25) is 0 Å². The molecule has 6 nitrogen and oxygen atoms in total. The average Bonchev–Trinajstić information content (AvgIpc) is 3.09. The minimum absolute atomic E-state index is 0.132. The summed E-state index contributed by atoms with van der Waals surface area (Å²) in [6.07, 6.45) is 1.48. The monoisotopic (exact) mass is 318 g/mol. The van der Waals surface area contributed by atoms with Crippen molar-refractivity contribution in [3.05, 3.63) is 46.5 Å². The topological polar surface area (TPSA) is 67.4 Å². The maximum Gasteiger partial charge on any atom is 0.264 e. The molecule has 0 saturated carbocycles. The Hall–Kier alpha value is -1.83. The van der Waals surface area contributed by atoms with Gasteiger partial charge in [-0.25, -0.2) is 0 Å². The Labute approximate surface area is 133 Å². The van der Waals surface area contributed by atoms with E-state index in [9.17, 15) is 4.79 Å². The van der Waals surface area contributed by atoms with E-state index in [4.69, 9.17) is 4.74 Å². The predicted molar refractivity (Wildman–Crippen MR) is 83.6 cm³/mol. The lowest BCUT2D eigenvalue weighted by molar-refractivity contribution is 0.0342. The molecule has 1 fully saturated rings. The first-order chi connectivity index (χ1) is 10.8. The fourth-order valence-corrected chi connectivity index (χ4v) is 2.75. The molecule has 3 rings (SSSR count). The Morgan fingerprint density at radius 1 is 1.23 bits per heavy atom. The van der Waals surface area contributed by atoms with E-state index in [1.165, 1.54) is 11.8 Å². The average molecular weight is 318 g/mol. The number of morpholine rings is 1. The van der Waals surface area contributed by atoms with Gasteiger partial charge in [-0.2, -0.15) is 0 Å². The number of benzene rings is 1. The van der Waals surface area contributed by atoms with Crippen LogP contribution in [0.5, 0.6) is 0 Å². The highest BCUT2D eigenvalue weighted by Crippen LogP contribution is 2.09. The number of hydrogen-bond donors (Lipinski definition) is 1. The highest BCUT2D eigenvalue weighted by atomic mass is 32.1. The molecule has 0 unspecified atom stereocenters. The zero-order valence-electron chi connectivity index (χ0n) is 12.2. The molecule has 7 heteroatoms. The van der Waals surface area contributed by atoms with Gasteiger partial charge in [0, 0.05) is 26.2 Å². The van der Waals surface area contributed by atoms with E-state index in [0.717, 1.165) is 49.9 Å². The van der Waals surface area contributed by atoms with Gasteiger partial charge in [0.05, 0.1) is 19.4 Å². The van der Waals surface area contributed by atoms with E-state index in [0.29, 0.717) is 11.4 Å². The third-order valence-corrected chi connectivity index (χ3v) is 4.23. The molecule has 0 bridgehead atoms. The Morgan fingerprint density at radius 2 is 1.95 bits per heavy atom. The molecular formula is C15H18N4O2S. The third-order valence-electron chi connectivity index (χ3n) is 3.57. The second-order valence-corrected chi connectivity index (χ2v) is 5.96. The van der Waals surface area contributed by atoms with Gasteiger partial charge in [0.15, 0.2) is 0 Å². The minimum atomic E-state index is -0.132. The first kappa shape index (κ1) is 15.1. The molecule has 1 aromatic heterocycles. The number of ether oxygens (including phenoxy) is 1. The highest BCUT2D eigenvalue weighted by molar-refractivity contribution is 7.07. The fraction of sp³-hybridized carbons (Fsp3) is 0.400. The normalized spacial score (nSPS) is 15.6. The van der Waals surface area contributed by atoms with Crippen molar-refractivity contribution in [1.29, 1.82) is 0 Å². The summed E-state index contributed by atoms with van der Waals surface area (Å²) < 4.78 is 9.03. The van der Waals surface area contributed by atoms with Gasteiger partial charge >= 0.3 is 0 Å². The number of carbonyl (C=O) groups excluding carboxylic acids is 1. The largest absolute Gasteiger partial charge is 0.379 e. The van der Waals surface area contributed by atoms with Gasteiger partial charge in [-0.15, -0.1) is 5.10 Å². The van der Waals surface area contributed by atoms with Crippen molar-refractivity contribution in [3.8, 4) is 0 Å².